The van der Waals surface area contributed by atoms with Crippen LogP contribution in [0.5, 0.6) is 11.5 Å². The molecular weight excluding hydrogens is 356 g/mol. The minimum atomic E-state index is -3.53. The first-order chi connectivity index (χ1) is 11.1. The molecule has 136 valence electrons. The second kappa shape index (κ2) is 8.87. The molecule has 2 heterocycles. The zero-order valence-electron chi connectivity index (χ0n) is 13.4. The number of fused-ring (bicyclic) bond motifs is 1. The van der Waals surface area contributed by atoms with Gasteiger partial charge in [-0.05, 0) is 25.1 Å². The highest BCUT2D eigenvalue weighted by Gasteiger charge is 2.19. The number of ether oxygens (including phenoxy) is 3. The summed E-state index contributed by atoms with van der Waals surface area (Å²) in [6, 6.07) is 4.69. The van der Waals surface area contributed by atoms with Crippen LogP contribution in [-0.2, 0) is 14.8 Å². The second-order valence-electron chi connectivity index (χ2n) is 5.51. The van der Waals surface area contributed by atoms with E-state index in [0.29, 0.717) is 31.3 Å². The van der Waals surface area contributed by atoms with E-state index in [1.165, 1.54) is 12.1 Å². The van der Waals surface area contributed by atoms with Gasteiger partial charge >= 0.3 is 0 Å². The van der Waals surface area contributed by atoms with Crippen LogP contribution in [0.1, 0.15) is 6.42 Å². The van der Waals surface area contributed by atoms with Crippen molar-refractivity contribution in [3.05, 3.63) is 18.2 Å². The van der Waals surface area contributed by atoms with Crippen LogP contribution in [0, 0.1) is 0 Å². The molecule has 9 heteroatoms. The molecule has 0 radical (unpaired) electrons. The molecular formula is C15H23ClN2O5S. The number of rotatable bonds is 6. The van der Waals surface area contributed by atoms with Crippen molar-refractivity contribution >= 4 is 22.4 Å². The molecule has 3 rings (SSSR count). The van der Waals surface area contributed by atoms with Gasteiger partial charge in [-0.25, -0.2) is 13.1 Å². The first kappa shape index (κ1) is 19.3. The summed E-state index contributed by atoms with van der Waals surface area (Å²) < 4.78 is 43.4. The van der Waals surface area contributed by atoms with Gasteiger partial charge in [0.15, 0.2) is 11.5 Å². The van der Waals surface area contributed by atoms with Crippen molar-refractivity contribution in [1.82, 2.24) is 9.62 Å². The van der Waals surface area contributed by atoms with Gasteiger partial charge in [-0.2, -0.15) is 0 Å². The number of morpholine rings is 1. The van der Waals surface area contributed by atoms with E-state index in [-0.39, 0.29) is 17.3 Å². The third-order valence-corrected chi connectivity index (χ3v) is 5.33. The van der Waals surface area contributed by atoms with E-state index < -0.39 is 10.0 Å². The summed E-state index contributed by atoms with van der Waals surface area (Å²) in [6.45, 7) is 5.53. The number of nitrogens with zero attached hydrogens (tertiary/aromatic N) is 1. The number of hydrogen-bond donors (Lipinski definition) is 1. The Labute approximate surface area is 148 Å². The Hall–Kier alpha value is -1.06. The third kappa shape index (κ3) is 4.97. The Kier molecular flexibility index (Phi) is 7.12. The highest BCUT2D eigenvalue weighted by atomic mass is 35.5. The quantitative estimate of drug-likeness (QED) is 0.740. The zero-order chi connectivity index (χ0) is 16.1. The molecule has 0 amide bonds. The number of nitrogens with one attached hydrogen (secondary N) is 1. The van der Waals surface area contributed by atoms with E-state index in [1.54, 1.807) is 6.07 Å². The fourth-order valence-corrected chi connectivity index (χ4v) is 3.70. The van der Waals surface area contributed by atoms with Crippen LogP contribution < -0.4 is 14.2 Å². The van der Waals surface area contributed by atoms with Crippen LogP contribution in [0.25, 0.3) is 0 Å². The molecule has 0 aromatic heterocycles. The first-order valence-electron chi connectivity index (χ1n) is 7.84. The average Bonchev–Trinajstić information content (AvgIpc) is 2.59. The smallest absolute Gasteiger partial charge is 0.240 e. The monoisotopic (exact) mass is 378 g/mol. The lowest BCUT2D eigenvalue weighted by Gasteiger charge is -2.26. The maximum absolute atomic E-state index is 12.3. The molecule has 24 heavy (non-hydrogen) atoms. The maximum Gasteiger partial charge on any atom is 0.240 e. The van der Waals surface area contributed by atoms with Crippen LogP contribution in [0.3, 0.4) is 0 Å². The molecule has 2 aliphatic heterocycles. The van der Waals surface area contributed by atoms with Crippen molar-refractivity contribution in [3.8, 4) is 11.5 Å². The Morgan fingerprint density at radius 3 is 2.50 bits per heavy atom. The molecule has 1 aromatic carbocycles. The van der Waals surface area contributed by atoms with Crippen LogP contribution in [-0.4, -0.2) is 65.9 Å². The molecule has 0 saturated carbocycles. The van der Waals surface area contributed by atoms with Crippen molar-refractivity contribution < 1.29 is 22.6 Å². The van der Waals surface area contributed by atoms with Gasteiger partial charge in [0.2, 0.25) is 10.0 Å². The SMILES string of the molecule is Cl.O=S(=O)(NCCCN1CCOCC1)c1ccc2c(c1)OCCO2. The lowest BCUT2D eigenvalue weighted by molar-refractivity contribution is 0.0376. The predicted molar refractivity (Wildman–Crippen MR) is 91.7 cm³/mol. The molecule has 2 aliphatic rings. The van der Waals surface area contributed by atoms with Gasteiger partial charge in [0.05, 0.1) is 18.1 Å². The van der Waals surface area contributed by atoms with E-state index in [0.717, 1.165) is 39.3 Å². The Morgan fingerprint density at radius 2 is 1.75 bits per heavy atom. The molecule has 0 spiro atoms. The molecule has 0 atom stereocenters. The Balaban J connectivity index is 0.00000208. The average molecular weight is 379 g/mol. The first-order valence-corrected chi connectivity index (χ1v) is 9.33. The molecule has 1 aromatic rings. The van der Waals surface area contributed by atoms with Crippen molar-refractivity contribution in [2.45, 2.75) is 11.3 Å². The second-order valence-corrected chi connectivity index (χ2v) is 7.28. The fourth-order valence-electron chi connectivity index (χ4n) is 2.61. The third-order valence-electron chi connectivity index (χ3n) is 3.87. The standard InChI is InChI=1S/C15H22N2O5S.ClH/c18-23(19,16-4-1-5-17-6-8-20-9-7-17)13-2-3-14-15(12-13)22-11-10-21-14;/h2-3,12,16H,1,4-11H2;1H. The minimum absolute atomic E-state index is 0. The maximum atomic E-state index is 12.3. The van der Waals surface area contributed by atoms with Crippen molar-refractivity contribution in [3.63, 3.8) is 0 Å². The normalized spacial score (nSPS) is 18.0. The largest absolute Gasteiger partial charge is 0.486 e. The van der Waals surface area contributed by atoms with Crippen LogP contribution in [0.2, 0.25) is 0 Å². The van der Waals surface area contributed by atoms with E-state index in [1.807, 2.05) is 0 Å². The Bertz CT molecular complexity index is 635. The van der Waals surface area contributed by atoms with Gasteiger partial charge in [-0.3, -0.25) is 4.90 Å². The molecule has 0 bridgehead atoms. The van der Waals surface area contributed by atoms with Crippen molar-refractivity contribution in [1.29, 1.82) is 0 Å². The van der Waals surface area contributed by atoms with Gasteiger partial charge in [0.25, 0.3) is 0 Å². The molecule has 0 aliphatic carbocycles. The highest BCUT2D eigenvalue weighted by Crippen LogP contribution is 2.32. The van der Waals surface area contributed by atoms with Gasteiger partial charge in [0.1, 0.15) is 13.2 Å². The van der Waals surface area contributed by atoms with Crippen LogP contribution in [0.15, 0.2) is 23.1 Å². The van der Waals surface area contributed by atoms with Gasteiger partial charge in [0, 0.05) is 25.7 Å². The van der Waals surface area contributed by atoms with Gasteiger partial charge < -0.3 is 14.2 Å². The van der Waals surface area contributed by atoms with E-state index in [9.17, 15) is 8.42 Å². The highest BCUT2D eigenvalue weighted by molar-refractivity contribution is 7.89. The summed E-state index contributed by atoms with van der Waals surface area (Å²) in [5.74, 6) is 1.06. The summed E-state index contributed by atoms with van der Waals surface area (Å²) in [4.78, 5) is 2.48. The molecule has 1 N–H and O–H groups in total. The fraction of sp³-hybridized carbons (Fsp3) is 0.600. The van der Waals surface area contributed by atoms with Crippen molar-refractivity contribution in [2.75, 3.05) is 52.6 Å². The number of halogens is 1. The molecule has 0 unspecified atom stereocenters. The van der Waals surface area contributed by atoms with Crippen LogP contribution in [0.4, 0.5) is 0 Å². The van der Waals surface area contributed by atoms with Gasteiger partial charge in [-0.1, -0.05) is 0 Å². The van der Waals surface area contributed by atoms with Crippen molar-refractivity contribution in [2.24, 2.45) is 0 Å². The minimum Gasteiger partial charge on any atom is -0.486 e. The van der Waals surface area contributed by atoms with Gasteiger partial charge in [-0.15, -0.1) is 12.4 Å². The molecule has 1 fully saturated rings. The van der Waals surface area contributed by atoms with E-state index >= 15 is 0 Å². The van der Waals surface area contributed by atoms with Crippen LogP contribution >= 0.6 is 12.4 Å². The summed E-state index contributed by atoms with van der Waals surface area (Å²) in [7, 11) is -3.53. The topological polar surface area (TPSA) is 77.1 Å². The summed E-state index contributed by atoms with van der Waals surface area (Å²) in [6.07, 6.45) is 0.768. The summed E-state index contributed by atoms with van der Waals surface area (Å²) in [5.41, 5.74) is 0. The summed E-state index contributed by atoms with van der Waals surface area (Å²) in [5, 5.41) is 0. The zero-order valence-corrected chi connectivity index (χ0v) is 15.0. The lowest BCUT2D eigenvalue weighted by Crippen LogP contribution is -2.38. The molecule has 1 saturated heterocycles. The molecule has 7 nitrogen and oxygen atoms in total. The lowest BCUT2D eigenvalue weighted by atomic mass is 10.3. The summed E-state index contributed by atoms with van der Waals surface area (Å²) >= 11 is 0. The van der Waals surface area contributed by atoms with E-state index in [4.69, 9.17) is 14.2 Å². The predicted octanol–water partition coefficient (Wildman–Crippen LogP) is 0.880. The number of benzene rings is 1. The Morgan fingerprint density at radius 1 is 1.04 bits per heavy atom. The van der Waals surface area contributed by atoms with E-state index in [2.05, 4.69) is 9.62 Å². The number of sulfonamides is 1. The number of hydrogen-bond acceptors (Lipinski definition) is 6.